The van der Waals surface area contributed by atoms with E-state index in [9.17, 15) is 0 Å². The predicted octanol–water partition coefficient (Wildman–Crippen LogP) is 2.34. The van der Waals surface area contributed by atoms with Gasteiger partial charge in [0.05, 0.1) is 0 Å². The third kappa shape index (κ3) is 3.64. The van der Waals surface area contributed by atoms with Crippen LogP contribution < -0.4 is 5.32 Å². The van der Waals surface area contributed by atoms with Crippen LogP contribution in [-0.4, -0.2) is 48.6 Å². The Kier molecular flexibility index (Phi) is 4.98. The second kappa shape index (κ2) is 6.27. The second-order valence-electron chi connectivity index (χ2n) is 5.47. The smallest absolute Gasteiger partial charge is 0.00823 e. The van der Waals surface area contributed by atoms with Crippen LogP contribution in [0.3, 0.4) is 0 Å². The van der Waals surface area contributed by atoms with E-state index in [0.29, 0.717) is 0 Å². The van der Waals surface area contributed by atoms with E-state index in [2.05, 4.69) is 35.3 Å². The summed E-state index contributed by atoms with van der Waals surface area (Å²) < 4.78 is 0. The molecule has 1 N–H and O–H groups in total. The molecule has 3 heteroatoms. The molecule has 1 saturated carbocycles. The molecular weight excluding hydrogens is 216 g/mol. The van der Waals surface area contributed by atoms with Crippen LogP contribution in [0.15, 0.2) is 0 Å². The molecule has 0 aromatic heterocycles. The number of nitrogens with one attached hydrogen (secondary N) is 1. The highest BCUT2D eigenvalue weighted by atomic mass is 32.2. The van der Waals surface area contributed by atoms with Gasteiger partial charge in [-0.3, -0.25) is 0 Å². The minimum Gasteiger partial charge on any atom is -0.311 e. The first-order valence-corrected chi connectivity index (χ1v) is 8.04. The molecule has 1 aliphatic carbocycles. The van der Waals surface area contributed by atoms with Crippen LogP contribution in [0.5, 0.6) is 0 Å². The lowest BCUT2D eigenvalue weighted by Gasteiger charge is -2.21. The molecule has 2 nitrogen and oxygen atoms in total. The Morgan fingerprint density at radius 3 is 2.69 bits per heavy atom. The van der Waals surface area contributed by atoms with Crippen molar-refractivity contribution >= 4 is 11.8 Å². The number of thioether (sulfide) groups is 1. The normalized spacial score (nSPS) is 37.5. The number of hydrogen-bond acceptors (Lipinski definition) is 3. The predicted molar refractivity (Wildman–Crippen MR) is 73.2 cm³/mol. The molecule has 0 bridgehead atoms. The summed E-state index contributed by atoms with van der Waals surface area (Å²) in [5.41, 5.74) is 0. The lowest BCUT2D eigenvalue weighted by atomic mass is 10.1. The molecule has 3 atom stereocenters. The van der Waals surface area contributed by atoms with Crippen LogP contribution in [0.2, 0.25) is 0 Å². The van der Waals surface area contributed by atoms with Gasteiger partial charge in [-0.1, -0.05) is 0 Å². The van der Waals surface area contributed by atoms with Gasteiger partial charge in [0, 0.05) is 17.3 Å². The minimum absolute atomic E-state index is 0.788. The number of likely N-dealkylation sites (tertiary alicyclic amines) is 1. The Bertz CT molecular complexity index is 210. The fourth-order valence-electron chi connectivity index (χ4n) is 3.05. The summed E-state index contributed by atoms with van der Waals surface area (Å²) >= 11 is 2.05. The third-order valence-electron chi connectivity index (χ3n) is 4.14. The number of hydrogen-bond donors (Lipinski definition) is 1. The van der Waals surface area contributed by atoms with Gasteiger partial charge in [-0.05, 0) is 64.9 Å². The fourth-order valence-corrected chi connectivity index (χ4v) is 3.84. The van der Waals surface area contributed by atoms with Gasteiger partial charge in [-0.2, -0.15) is 11.8 Å². The van der Waals surface area contributed by atoms with E-state index in [0.717, 1.165) is 17.3 Å². The van der Waals surface area contributed by atoms with Crippen molar-refractivity contribution in [3.63, 3.8) is 0 Å². The van der Waals surface area contributed by atoms with E-state index in [1.165, 1.54) is 51.6 Å². The highest BCUT2D eigenvalue weighted by Crippen LogP contribution is 2.29. The molecule has 1 heterocycles. The van der Waals surface area contributed by atoms with Crippen molar-refractivity contribution in [1.29, 1.82) is 0 Å². The van der Waals surface area contributed by atoms with Gasteiger partial charge < -0.3 is 10.2 Å². The summed E-state index contributed by atoms with van der Waals surface area (Å²) in [5.74, 6) is 0. The molecule has 0 radical (unpaired) electrons. The zero-order valence-corrected chi connectivity index (χ0v) is 11.6. The van der Waals surface area contributed by atoms with Crippen LogP contribution in [0, 0.1) is 0 Å². The van der Waals surface area contributed by atoms with Crippen molar-refractivity contribution in [2.75, 3.05) is 26.4 Å². The lowest BCUT2D eigenvalue weighted by molar-refractivity contribution is 0.338. The van der Waals surface area contributed by atoms with Crippen molar-refractivity contribution in [2.24, 2.45) is 0 Å². The zero-order valence-electron chi connectivity index (χ0n) is 10.7. The van der Waals surface area contributed by atoms with Crippen LogP contribution in [-0.2, 0) is 0 Å². The average molecular weight is 242 g/mol. The maximum atomic E-state index is 3.90. The van der Waals surface area contributed by atoms with Gasteiger partial charge in [0.2, 0.25) is 0 Å². The Balaban J connectivity index is 1.72. The van der Waals surface area contributed by atoms with Crippen molar-refractivity contribution in [3.05, 3.63) is 0 Å². The molecular formula is C13H26N2S. The zero-order chi connectivity index (χ0) is 11.4. The number of rotatable bonds is 3. The molecule has 2 aliphatic rings. The van der Waals surface area contributed by atoms with Gasteiger partial charge in [-0.25, -0.2) is 0 Å². The Hall–Kier alpha value is 0.270. The van der Waals surface area contributed by atoms with E-state index in [4.69, 9.17) is 0 Å². The average Bonchev–Trinajstić information content (AvgIpc) is 2.63. The molecule has 16 heavy (non-hydrogen) atoms. The molecule has 0 amide bonds. The summed E-state index contributed by atoms with van der Waals surface area (Å²) in [7, 11) is 2.25. The SMILES string of the molecule is CSC1CCC(NC2CCCN(C)CC2)C1. The van der Waals surface area contributed by atoms with Crippen LogP contribution in [0.1, 0.15) is 38.5 Å². The molecule has 1 aliphatic heterocycles. The molecule has 2 rings (SSSR count). The van der Waals surface area contributed by atoms with Crippen molar-refractivity contribution in [3.8, 4) is 0 Å². The Labute approximate surface area is 105 Å². The molecule has 0 aromatic rings. The molecule has 94 valence electrons. The van der Waals surface area contributed by atoms with E-state index < -0.39 is 0 Å². The quantitative estimate of drug-likeness (QED) is 0.818. The van der Waals surface area contributed by atoms with Crippen molar-refractivity contribution in [1.82, 2.24) is 10.2 Å². The van der Waals surface area contributed by atoms with Gasteiger partial charge in [0.1, 0.15) is 0 Å². The maximum absolute atomic E-state index is 3.90. The Morgan fingerprint density at radius 1 is 1.06 bits per heavy atom. The van der Waals surface area contributed by atoms with E-state index in [-0.39, 0.29) is 0 Å². The summed E-state index contributed by atoms with van der Waals surface area (Å²) in [6.07, 6.45) is 10.6. The molecule has 1 saturated heterocycles. The van der Waals surface area contributed by atoms with E-state index in [1.54, 1.807) is 0 Å². The number of nitrogens with zero attached hydrogens (tertiary/aromatic N) is 1. The largest absolute Gasteiger partial charge is 0.311 e. The first-order valence-electron chi connectivity index (χ1n) is 6.75. The molecule has 0 aromatic carbocycles. The first kappa shape index (κ1) is 12.7. The van der Waals surface area contributed by atoms with Crippen LogP contribution >= 0.6 is 11.8 Å². The summed E-state index contributed by atoms with van der Waals surface area (Å²) in [5, 5.41) is 4.82. The summed E-state index contributed by atoms with van der Waals surface area (Å²) in [6.45, 7) is 2.56. The topological polar surface area (TPSA) is 15.3 Å². The van der Waals surface area contributed by atoms with Gasteiger partial charge in [-0.15, -0.1) is 0 Å². The van der Waals surface area contributed by atoms with Gasteiger partial charge >= 0.3 is 0 Å². The highest BCUT2D eigenvalue weighted by molar-refractivity contribution is 7.99. The monoisotopic (exact) mass is 242 g/mol. The van der Waals surface area contributed by atoms with Gasteiger partial charge in [0.15, 0.2) is 0 Å². The van der Waals surface area contributed by atoms with E-state index >= 15 is 0 Å². The van der Waals surface area contributed by atoms with Crippen molar-refractivity contribution < 1.29 is 0 Å². The fraction of sp³-hybridized carbons (Fsp3) is 1.00. The molecule has 2 fully saturated rings. The minimum atomic E-state index is 0.788. The maximum Gasteiger partial charge on any atom is 0.00823 e. The van der Waals surface area contributed by atoms with Crippen molar-refractivity contribution in [2.45, 2.75) is 55.9 Å². The summed E-state index contributed by atoms with van der Waals surface area (Å²) in [4.78, 5) is 2.47. The second-order valence-corrected chi connectivity index (χ2v) is 6.60. The highest BCUT2D eigenvalue weighted by Gasteiger charge is 2.26. The molecule has 0 spiro atoms. The summed E-state index contributed by atoms with van der Waals surface area (Å²) in [6, 6.07) is 1.60. The van der Waals surface area contributed by atoms with Gasteiger partial charge in [0.25, 0.3) is 0 Å². The molecule has 3 unspecified atom stereocenters. The first-order chi connectivity index (χ1) is 7.78. The van der Waals surface area contributed by atoms with Crippen LogP contribution in [0.25, 0.3) is 0 Å². The van der Waals surface area contributed by atoms with E-state index in [1.807, 2.05) is 0 Å². The van der Waals surface area contributed by atoms with Crippen LogP contribution in [0.4, 0.5) is 0 Å². The third-order valence-corrected chi connectivity index (χ3v) is 5.24. The Morgan fingerprint density at radius 2 is 1.94 bits per heavy atom. The standard InChI is InChI=1S/C13H26N2S/c1-15-8-3-4-11(7-9-15)14-12-5-6-13(10-12)16-2/h11-14H,3-10H2,1-2H3. The lowest BCUT2D eigenvalue weighted by Crippen LogP contribution is -2.37.